The van der Waals surface area contributed by atoms with Crippen LogP contribution in [0.4, 0.5) is 11.4 Å². The minimum atomic E-state index is -0.319. The Morgan fingerprint density at radius 3 is 2.60 bits per heavy atom. The zero-order valence-corrected chi connectivity index (χ0v) is 11.1. The molecule has 2 N–H and O–H groups in total. The fourth-order valence-electron chi connectivity index (χ4n) is 1.36. The van der Waals surface area contributed by atoms with Crippen molar-refractivity contribution in [3.63, 3.8) is 0 Å². The average molecular weight is 271 g/mol. The summed E-state index contributed by atoms with van der Waals surface area (Å²) < 4.78 is 5.33. The van der Waals surface area contributed by atoms with Crippen LogP contribution in [0.1, 0.15) is 13.8 Å². The molecule has 1 aromatic rings. The number of anilines is 2. The Labute approximate surface area is 116 Å². The molecule has 0 radical (unpaired) electrons. The molecule has 0 heterocycles. The molecule has 7 nitrogen and oxygen atoms in total. The van der Waals surface area contributed by atoms with Crippen LogP contribution in [0.2, 0.25) is 0 Å². The fourth-order valence-corrected chi connectivity index (χ4v) is 1.36. The maximum Gasteiger partial charge on any atom is 0.237 e. The van der Waals surface area contributed by atoms with E-state index in [9.17, 15) is 4.79 Å². The van der Waals surface area contributed by atoms with Gasteiger partial charge >= 0.3 is 0 Å². The SMILES string of the molecule is CCOc1ccc(NC(C)=O)c(NN=C(C#N)C#N)c1. The molecule has 1 amide bonds. The lowest BCUT2D eigenvalue weighted by molar-refractivity contribution is -0.114. The van der Waals surface area contributed by atoms with E-state index in [0.717, 1.165) is 0 Å². The van der Waals surface area contributed by atoms with Gasteiger partial charge < -0.3 is 10.1 Å². The summed E-state index contributed by atoms with van der Waals surface area (Å²) in [6.07, 6.45) is 0. The Morgan fingerprint density at radius 1 is 1.35 bits per heavy atom. The zero-order chi connectivity index (χ0) is 15.0. The lowest BCUT2D eigenvalue weighted by Gasteiger charge is -2.11. The molecule has 1 rings (SSSR count). The van der Waals surface area contributed by atoms with Crippen LogP contribution < -0.4 is 15.5 Å². The first kappa shape index (κ1) is 15.0. The van der Waals surface area contributed by atoms with Gasteiger partial charge in [0.05, 0.1) is 18.0 Å². The molecule has 20 heavy (non-hydrogen) atoms. The summed E-state index contributed by atoms with van der Waals surface area (Å²) in [6, 6.07) is 8.21. The first-order chi connectivity index (χ1) is 9.60. The highest BCUT2D eigenvalue weighted by Gasteiger charge is 2.06. The molecule has 0 bridgehead atoms. The highest BCUT2D eigenvalue weighted by Crippen LogP contribution is 2.27. The normalized spacial score (nSPS) is 8.80. The average Bonchev–Trinajstić information content (AvgIpc) is 2.42. The van der Waals surface area contributed by atoms with Crippen LogP contribution >= 0.6 is 0 Å². The first-order valence-electron chi connectivity index (χ1n) is 5.79. The number of carbonyl (C=O) groups is 1. The van der Waals surface area contributed by atoms with E-state index in [1.54, 1.807) is 30.3 Å². The highest BCUT2D eigenvalue weighted by atomic mass is 16.5. The van der Waals surface area contributed by atoms with Gasteiger partial charge in [0.15, 0.2) is 0 Å². The molecule has 102 valence electrons. The van der Waals surface area contributed by atoms with Crippen molar-refractivity contribution in [1.82, 2.24) is 0 Å². The molecule has 0 saturated carbocycles. The van der Waals surface area contributed by atoms with Crippen LogP contribution in [0.15, 0.2) is 23.3 Å². The van der Waals surface area contributed by atoms with Crippen LogP contribution in [-0.4, -0.2) is 18.2 Å². The number of hydrogen-bond acceptors (Lipinski definition) is 6. The molecule has 0 aromatic heterocycles. The molecule has 0 aliphatic heterocycles. The summed E-state index contributed by atoms with van der Waals surface area (Å²) in [7, 11) is 0. The van der Waals surface area contributed by atoms with Gasteiger partial charge in [0.1, 0.15) is 17.9 Å². The van der Waals surface area contributed by atoms with Crippen molar-refractivity contribution in [2.24, 2.45) is 5.10 Å². The first-order valence-corrected chi connectivity index (χ1v) is 5.79. The second kappa shape index (κ2) is 7.39. The Bertz CT molecular complexity index is 594. The summed E-state index contributed by atoms with van der Waals surface area (Å²) in [5.74, 6) is 0.330. The Hall–Kier alpha value is -3.06. The zero-order valence-electron chi connectivity index (χ0n) is 11.1. The molecule has 7 heteroatoms. The highest BCUT2D eigenvalue weighted by molar-refractivity contribution is 6.10. The molecular weight excluding hydrogens is 258 g/mol. The topological polar surface area (TPSA) is 110 Å². The maximum atomic E-state index is 11.1. The number of ether oxygens (including phenoxy) is 1. The molecule has 0 fully saturated rings. The summed E-state index contributed by atoms with van der Waals surface area (Å²) in [5, 5.41) is 23.5. The third-order valence-electron chi connectivity index (χ3n) is 2.11. The molecule has 1 aromatic carbocycles. The van der Waals surface area contributed by atoms with E-state index in [4.69, 9.17) is 15.3 Å². The standard InChI is InChI=1S/C13H13N5O2/c1-3-20-11-4-5-12(16-9(2)19)13(6-11)18-17-10(7-14)8-15/h4-6,18H,3H2,1-2H3,(H,16,19). The minimum Gasteiger partial charge on any atom is -0.494 e. The number of hydrazone groups is 1. The van der Waals surface area contributed by atoms with E-state index in [-0.39, 0.29) is 11.6 Å². The van der Waals surface area contributed by atoms with Crippen molar-refractivity contribution in [1.29, 1.82) is 10.5 Å². The van der Waals surface area contributed by atoms with E-state index >= 15 is 0 Å². The van der Waals surface area contributed by atoms with Crippen LogP contribution in [0, 0.1) is 22.7 Å². The van der Waals surface area contributed by atoms with E-state index in [1.807, 2.05) is 6.92 Å². The maximum absolute atomic E-state index is 11.1. The van der Waals surface area contributed by atoms with Crippen LogP contribution in [0.25, 0.3) is 0 Å². The second-order valence-corrected chi connectivity index (χ2v) is 3.62. The second-order valence-electron chi connectivity index (χ2n) is 3.62. The number of carbonyl (C=O) groups excluding carboxylic acids is 1. The van der Waals surface area contributed by atoms with Crippen molar-refractivity contribution in [3.05, 3.63) is 18.2 Å². The van der Waals surface area contributed by atoms with Gasteiger partial charge in [-0.25, -0.2) is 0 Å². The quantitative estimate of drug-likeness (QED) is 0.627. The monoisotopic (exact) mass is 271 g/mol. The predicted octanol–water partition coefficient (Wildman–Crippen LogP) is 1.86. The van der Waals surface area contributed by atoms with Gasteiger partial charge in [0, 0.05) is 13.0 Å². The van der Waals surface area contributed by atoms with E-state index in [2.05, 4.69) is 15.8 Å². The minimum absolute atomic E-state index is 0.248. The third-order valence-corrected chi connectivity index (χ3v) is 2.11. The van der Waals surface area contributed by atoms with Crippen molar-refractivity contribution in [2.45, 2.75) is 13.8 Å². The largest absolute Gasteiger partial charge is 0.494 e. The summed E-state index contributed by atoms with van der Waals surface area (Å²) in [5.41, 5.74) is 3.15. The van der Waals surface area contributed by atoms with Crippen LogP contribution in [-0.2, 0) is 4.79 Å². The van der Waals surface area contributed by atoms with Gasteiger partial charge in [-0.2, -0.15) is 15.6 Å². The van der Waals surface area contributed by atoms with Crippen molar-refractivity contribution >= 4 is 23.0 Å². The smallest absolute Gasteiger partial charge is 0.237 e. The van der Waals surface area contributed by atoms with E-state index in [1.165, 1.54) is 6.92 Å². The summed E-state index contributed by atoms with van der Waals surface area (Å²) >= 11 is 0. The number of nitrogens with zero attached hydrogens (tertiary/aromatic N) is 3. The molecule has 0 spiro atoms. The predicted molar refractivity (Wildman–Crippen MR) is 74.2 cm³/mol. The lowest BCUT2D eigenvalue weighted by Crippen LogP contribution is -2.08. The van der Waals surface area contributed by atoms with Crippen molar-refractivity contribution < 1.29 is 9.53 Å². The van der Waals surface area contributed by atoms with E-state index < -0.39 is 0 Å². The Kier molecular flexibility index (Phi) is 5.54. The number of nitrogens with one attached hydrogen (secondary N) is 2. The molecule has 0 unspecified atom stereocenters. The number of benzene rings is 1. The number of hydrogen-bond donors (Lipinski definition) is 2. The van der Waals surface area contributed by atoms with Gasteiger partial charge in [0.2, 0.25) is 11.6 Å². The fraction of sp³-hybridized carbons (Fsp3) is 0.231. The van der Waals surface area contributed by atoms with Gasteiger partial charge in [-0.1, -0.05) is 0 Å². The number of amides is 1. The van der Waals surface area contributed by atoms with Gasteiger partial charge in [-0.05, 0) is 19.1 Å². The lowest BCUT2D eigenvalue weighted by atomic mass is 10.2. The summed E-state index contributed by atoms with van der Waals surface area (Å²) in [6.45, 7) is 3.71. The van der Waals surface area contributed by atoms with Gasteiger partial charge in [0.25, 0.3) is 0 Å². The molecule has 0 aliphatic carbocycles. The van der Waals surface area contributed by atoms with Crippen molar-refractivity contribution in [2.75, 3.05) is 17.3 Å². The third kappa shape index (κ3) is 4.31. The molecular formula is C13H13N5O2. The van der Waals surface area contributed by atoms with Gasteiger partial charge in [-0.3, -0.25) is 10.2 Å². The summed E-state index contributed by atoms with van der Waals surface area (Å²) in [4.78, 5) is 11.1. The molecule has 0 aliphatic rings. The molecule has 0 atom stereocenters. The number of rotatable bonds is 5. The van der Waals surface area contributed by atoms with E-state index in [0.29, 0.717) is 23.7 Å². The Morgan fingerprint density at radius 2 is 2.05 bits per heavy atom. The molecule has 0 saturated heterocycles. The van der Waals surface area contributed by atoms with Gasteiger partial charge in [-0.15, -0.1) is 0 Å². The Balaban J connectivity index is 3.08. The van der Waals surface area contributed by atoms with Crippen molar-refractivity contribution in [3.8, 4) is 17.9 Å². The number of nitriles is 2. The van der Waals surface area contributed by atoms with Crippen LogP contribution in [0.5, 0.6) is 5.75 Å². The van der Waals surface area contributed by atoms with Crippen LogP contribution in [0.3, 0.4) is 0 Å².